The second kappa shape index (κ2) is 5.79. The fourth-order valence-corrected chi connectivity index (χ4v) is 1.92. The van der Waals surface area contributed by atoms with E-state index in [-0.39, 0.29) is 11.7 Å². The van der Waals surface area contributed by atoms with Crippen molar-refractivity contribution in [1.29, 1.82) is 0 Å². The number of hydrogen-bond donors (Lipinski definition) is 1. The topological polar surface area (TPSA) is 51.2 Å². The molecule has 6 heteroatoms. The van der Waals surface area contributed by atoms with Crippen LogP contribution in [0.1, 0.15) is 10.4 Å². The SMILES string of the molecule is COc1cc(NC(=O)c2cccnc2Br)ccc1F. The van der Waals surface area contributed by atoms with Crippen LogP contribution < -0.4 is 10.1 Å². The molecule has 0 saturated heterocycles. The van der Waals surface area contributed by atoms with Crippen LogP contribution in [0.2, 0.25) is 0 Å². The molecule has 0 aliphatic carbocycles. The molecule has 0 aliphatic heterocycles. The van der Waals surface area contributed by atoms with Crippen molar-refractivity contribution in [2.45, 2.75) is 0 Å². The molecule has 0 unspecified atom stereocenters. The monoisotopic (exact) mass is 324 g/mol. The van der Waals surface area contributed by atoms with E-state index in [1.807, 2.05) is 0 Å². The minimum Gasteiger partial charge on any atom is -0.494 e. The number of carbonyl (C=O) groups is 1. The number of nitrogens with one attached hydrogen (secondary N) is 1. The highest BCUT2D eigenvalue weighted by atomic mass is 79.9. The summed E-state index contributed by atoms with van der Waals surface area (Å²) in [5.41, 5.74) is 0.838. The Balaban J connectivity index is 2.22. The van der Waals surface area contributed by atoms with E-state index in [4.69, 9.17) is 4.74 Å². The first-order valence-electron chi connectivity index (χ1n) is 5.37. The molecule has 0 spiro atoms. The lowest BCUT2D eigenvalue weighted by molar-refractivity contribution is 0.102. The molecule has 2 rings (SSSR count). The van der Waals surface area contributed by atoms with Gasteiger partial charge in [0, 0.05) is 18.0 Å². The van der Waals surface area contributed by atoms with Gasteiger partial charge in [-0.2, -0.15) is 0 Å². The highest BCUT2D eigenvalue weighted by Gasteiger charge is 2.11. The van der Waals surface area contributed by atoms with Gasteiger partial charge in [0.15, 0.2) is 11.6 Å². The molecule has 0 atom stereocenters. The van der Waals surface area contributed by atoms with Gasteiger partial charge in [-0.25, -0.2) is 9.37 Å². The van der Waals surface area contributed by atoms with Gasteiger partial charge in [0.05, 0.1) is 12.7 Å². The van der Waals surface area contributed by atoms with E-state index in [0.717, 1.165) is 0 Å². The normalized spacial score (nSPS) is 10.1. The summed E-state index contributed by atoms with van der Waals surface area (Å²) in [6.07, 6.45) is 1.57. The van der Waals surface area contributed by atoms with Crippen molar-refractivity contribution < 1.29 is 13.9 Å². The van der Waals surface area contributed by atoms with Gasteiger partial charge in [-0.15, -0.1) is 0 Å². The molecule has 0 saturated carbocycles. The minimum atomic E-state index is -0.483. The van der Waals surface area contributed by atoms with Gasteiger partial charge in [-0.05, 0) is 40.2 Å². The van der Waals surface area contributed by atoms with Gasteiger partial charge in [0.25, 0.3) is 5.91 Å². The summed E-state index contributed by atoms with van der Waals surface area (Å²) < 4.78 is 18.5. The van der Waals surface area contributed by atoms with E-state index in [1.165, 1.54) is 25.3 Å². The Morgan fingerprint density at radius 3 is 2.89 bits per heavy atom. The van der Waals surface area contributed by atoms with Crippen LogP contribution in [0.25, 0.3) is 0 Å². The molecule has 0 bridgehead atoms. The first kappa shape index (κ1) is 13.5. The molecule has 1 N–H and O–H groups in total. The highest BCUT2D eigenvalue weighted by Crippen LogP contribution is 2.22. The Kier molecular flexibility index (Phi) is 4.11. The fourth-order valence-electron chi connectivity index (χ4n) is 1.49. The third-order valence-electron chi connectivity index (χ3n) is 2.41. The maximum absolute atomic E-state index is 13.2. The number of nitrogens with zero attached hydrogens (tertiary/aromatic N) is 1. The Morgan fingerprint density at radius 1 is 1.42 bits per heavy atom. The number of hydrogen-bond acceptors (Lipinski definition) is 3. The summed E-state index contributed by atoms with van der Waals surface area (Å²) in [6, 6.07) is 7.39. The van der Waals surface area contributed by atoms with Crippen LogP contribution in [0, 0.1) is 5.82 Å². The molecule has 1 aromatic carbocycles. The lowest BCUT2D eigenvalue weighted by atomic mass is 10.2. The first-order chi connectivity index (χ1) is 9.11. The molecule has 98 valence electrons. The van der Waals surface area contributed by atoms with Crippen molar-refractivity contribution in [3.05, 3.63) is 52.5 Å². The Labute approximate surface area is 117 Å². The highest BCUT2D eigenvalue weighted by molar-refractivity contribution is 9.10. The smallest absolute Gasteiger partial charge is 0.258 e. The van der Waals surface area contributed by atoms with E-state index < -0.39 is 5.82 Å². The van der Waals surface area contributed by atoms with Gasteiger partial charge in [0.1, 0.15) is 4.60 Å². The number of carbonyl (C=O) groups excluding carboxylic acids is 1. The number of aromatic nitrogens is 1. The maximum atomic E-state index is 13.2. The molecule has 2 aromatic rings. The van der Waals surface area contributed by atoms with Crippen LogP contribution in [-0.2, 0) is 0 Å². The number of ether oxygens (including phenoxy) is 1. The van der Waals surface area contributed by atoms with Crippen molar-refractivity contribution >= 4 is 27.5 Å². The Hall–Kier alpha value is -1.95. The molecule has 1 heterocycles. The maximum Gasteiger partial charge on any atom is 0.258 e. The second-order valence-corrected chi connectivity index (χ2v) is 4.40. The van der Waals surface area contributed by atoms with Crippen molar-refractivity contribution in [3.63, 3.8) is 0 Å². The van der Waals surface area contributed by atoms with Crippen molar-refractivity contribution in [1.82, 2.24) is 4.98 Å². The van der Waals surface area contributed by atoms with Crippen LogP contribution >= 0.6 is 15.9 Å². The zero-order valence-corrected chi connectivity index (χ0v) is 11.6. The summed E-state index contributed by atoms with van der Waals surface area (Å²) in [5.74, 6) is -0.750. The number of pyridine rings is 1. The predicted octanol–water partition coefficient (Wildman–Crippen LogP) is 3.24. The molecule has 1 aromatic heterocycles. The molecule has 0 fully saturated rings. The third kappa shape index (κ3) is 3.08. The van der Waals surface area contributed by atoms with Gasteiger partial charge >= 0.3 is 0 Å². The second-order valence-electron chi connectivity index (χ2n) is 3.65. The minimum absolute atomic E-state index is 0.0723. The summed E-state index contributed by atoms with van der Waals surface area (Å²) in [5, 5.41) is 2.65. The van der Waals surface area contributed by atoms with Crippen LogP contribution in [0.3, 0.4) is 0 Å². The zero-order valence-electron chi connectivity index (χ0n) is 9.98. The first-order valence-corrected chi connectivity index (χ1v) is 6.16. The number of methoxy groups -OCH3 is 1. The van der Waals surface area contributed by atoms with E-state index >= 15 is 0 Å². The largest absolute Gasteiger partial charge is 0.494 e. The standard InChI is InChI=1S/C13H10BrFN2O2/c1-19-11-7-8(4-5-10(11)15)17-13(18)9-3-2-6-16-12(9)14/h2-7H,1H3,(H,17,18). The van der Waals surface area contributed by atoms with E-state index in [9.17, 15) is 9.18 Å². The zero-order chi connectivity index (χ0) is 13.8. The van der Waals surface area contributed by atoms with Gasteiger partial charge < -0.3 is 10.1 Å². The van der Waals surface area contributed by atoms with Crippen molar-refractivity contribution in [2.24, 2.45) is 0 Å². The van der Waals surface area contributed by atoms with E-state index in [2.05, 4.69) is 26.2 Å². The van der Waals surface area contributed by atoms with Crippen molar-refractivity contribution in [2.75, 3.05) is 12.4 Å². The molecule has 0 radical (unpaired) electrons. The quantitative estimate of drug-likeness (QED) is 0.882. The number of halogens is 2. The summed E-state index contributed by atoms with van der Waals surface area (Å²) in [4.78, 5) is 16.0. The van der Waals surface area contributed by atoms with Crippen LogP contribution in [0.15, 0.2) is 41.1 Å². The van der Waals surface area contributed by atoms with Gasteiger partial charge in [-0.3, -0.25) is 4.79 Å². The molecule has 4 nitrogen and oxygen atoms in total. The molecule has 0 aliphatic rings. The van der Waals surface area contributed by atoms with Gasteiger partial charge in [0.2, 0.25) is 0 Å². The van der Waals surface area contributed by atoms with Gasteiger partial charge in [-0.1, -0.05) is 0 Å². The van der Waals surface area contributed by atoms with Crippen LogP contribution in [0.4, 0.5) is 10.1 Å². The van der Waals surface area contributed by atoms with E-state index in [1.54, 1.807) is 18.3 Å². The lowest BCUT2D eigenvalue weighted by Gasteiger charge is -2.08. The van der Waals surface area contributed by atoms with E-state index in [0.29, 0.717) is 15.9 Å². The third-order valence-corrected chi connectivity index (χ3v) is 3.04. The average Bonchev–Trinajstić information content (AvgIpc) is 2.41. The summed E-state index contributed by atoms with van der Waals surface area (Å²) in [7, 11) is 1.36. The van der Waals surface area contributed by atoms with Crippen LogP contribution in [-0.4, -0.2) is 18.0 Å². The molecule has 1 amide bonds. The number of rotatable bonds is 3. The molecular formula is C13H10BrFN2O2. The molecule has 19 heavy (non-hydrogen) atoms. The van der Waals surface area contributed by atoms with Crippen LogP contribution in [0.5, 0.6) is 5.75 Å². The number of anilines is 1. The fraction of sp³-hybridized carbons (Fsp3) is 0.0769. The summed E-state index contributed by atoms with van der Waals surface area (Å²) >= 11 is 3.19. The lowest BCUT2D eigenvalue weighted by Crippen LogP contribution is -2.13. The Morgan fingerprint density at radius 2 is 2.21 bits per heavy atom. The average molecular weight is 325 g/mol. The number of amides is 1. The Bertz CT molecular complexity index is 619. The number of benzene rings is 1. The molecular weight excluding hydrogens is 315 g/mol. The summed E-state index contributed by atoms with van der Waals surface area (Å²) in [6.45, 7) is 0. The predicted molar refractivity (Wildman–Crippen MR) is 72.8 cm³/mol. The van der Waals surface area contributed by atoms with Crippen molar-refractivity contribution in [3.8, 4) is 5.75 Å².